The number of hydrogen-bond acceptors (Lipinski definition) is 2. The van der Waals surface area contributed by atoms with E-state index in [2.05, 4.69) is 17.2 Å². The van der Waals surface area contributed by atoms with Crippen LogP contribution in [0.3, 0.4) is 0 Å². The normalized spacial score (nSPS) is 12.6. The topological polar surface area (TPSA) is 29.9 Å². The molecule has 0 fully saturated rings. The Morgan fingerprint density at radius 3 is 2.94 bits per heavy atom. The number of imidazole rings is 1. The molecule has 1 atom stereocenters. The summed E-state index contributed by atoms with van der Waals surface area (Å²) in [6.45, 7) is 3.80. The Morgan fingerprint density at radius 1 is 1.39 bits per heavy atom. The molecule has 1 heterocycles. The van der Waals surface area contributed by atoms with Gasteiger partial charge in [0.25, 0.3) is 0 Å². The third-order valence-electron chi connectivity index (χ3n) is 2.80. The van der Waals surface area contributed by atoms with E-state index in [4.69, 9.17) is 23.2 Å². The summed E-state index contributed by atoms with van der Waals surface area (Å²) in [6.07, 6.45) is 5.52. The first kappa shape index (κ1) is 13.4. The number of aromatic nitrogens is 2. The standard InChI is InChI=1S/C13H15Cl2N3/c1-10(12-8-11(14)2-3-13(12)15)17-5-7-18-6-4-16-9-18/h2-4,6,8-10,17H,5,7H2,1H3. The zero-order valence-corrected chi connectivity index (χ0v) is 11.6. The van der Waals surface area contributed by atoms with E-state index in [1.165, 1.54) is 0 Å². The maximum absolute atomic E-state index is 6.16. The van der Waals surface area contributed by atoms with Gasteiger partial charge in [0.2, 0.25) is 0 Å². The molecule has 0 bridgehead atoms. The van der Waals surface area contributed by atoms with Crippen LogP contribution in [0.25, 0.3) is 0 Å². The van der Waals surface area contributed by atoms with Crippen molar-refractivity contribution in [2.24, 2.45) is 0 Å². The maximum atomic E-state index is 6.16. The predicted molar refractivity (Wildman–Crippen MR) is 75.1 cm³/mol. The van der Waals surface area contributed by atoms with Gasteiger partial charge in [-0.2, -0.15) is 0 Å². The lowest BCUT2D eigenvalue weighted by atomic mass is 10.1. The minimum Gasteiger partial charge on any atom is -0.336 e. The van der Waals surface area contributed by atoms with Crippen LogP contribution >= 0.6 is 23.2 Å². The molecule has 0 spiro atoms. The molecule has 1 N–H and O–H groups in total. The van der Waals surface area contributed by atoms with Gasteiger partial charge < -0.3 is 9.88 Å². The minimum atomic E-state index is 0.166. The second-order valence-electron chi connectivity index (χ2n) is 4.14. The van der Waals surface area contributed by atoms with Gasteiger partial charge in [-0.05, 0) is 30.7 Å². The minimum absolute atomic E-state index is 0.166. The second-order valence-corrected chi connectivity index (χ2v) is 4.99. The second kappa shape index (κ2) is 6.23. The molecule has 0 radical (unpaired) electrons. The fourth-order valence-electron chi connectivity index (χ4n) is 1.79. The van der Waals surface area contributed by atoms with Crippen LogP contribution in [0.2, 0.25) is 10.0 Å². The van der Waals surface area contributed by atoms with E-state index in [9.17, 15) is 0 Å². The van der Waals surface area contributed by atoms with E-state index >= 15 is 0 Å². The summed E-state index contributed by atoms with van der Waals surface area (Å²) in [5.74, 6) is 0. The van der Waals surface area contributed by atoms with Crippen LogP contribution in [0.4, 0.5) is 0 Å². The van der Waals surface area contributed by atoms with E-state index in [-0.39, 0.29) is 6.04 Å². The number of nitrogens with zero attached hydrogens (tertiary/aromatic N) is 2. The summed E-state index contributed by atoms with van der Waals surface area (Å²) in [7, 11) is 0. The molecule has 18 heavy (non-hydrogen) atoms. The van der Waals surface area contributed by atoms with Gasteiger partial charge in [-0.1, -0.05) is 23.2 Å². The third kappa shape index (κ3) is 3.48. The van der Waals surface area contributed by atoms with Gasteiger partial charge in [0.05, 0.1) is 6.33 Å². The molecule has 1 unspecified atom stereocenters. The number of hydrogen-bond donors (Lipinski definition) is 1. The SMILES string of the molecule is CC(NCCn1ccnc1)c1cc(Cl)ccc1Cl. The summed E-state index contributed by atoms with van der Waals surface area (Å²) >= 11 is 12.1. The van der Waals surface area contributed by atoms with Crippen LogP contribution < -0.4 is 5.32 Å². The summed E-state index contributed by atoms with van der Waals surface area (Å²) in [4.78, 5) is 4.00. The Morgan fingerprint density at radius 2 is 2.22 bits per heavy atom. The molecule has 0 aliphatic heterocycles. The largest absolute Gasteiger partial charge is 0.336 e. The van der Waals surface area contributed by atoms with Crippen molar-refractivity contribution < 1.29 is 0 Å². The highest BCUT2D eigenvalue weighted by Crippen LogP contribution is 2.25. The van der Waals surface area contributed by atoms with Gasteiger partial charge in [0, 0.05) is 41.6 Å². The summed E-state index contributed by atoms with van der Waals surface area (Å²) < 4.78 is 2.03. The Balaban J connectivity index is 1.91. The van der Waals surface area contributed by atoms with Crippen molar-refractivity contribution in [2.45, 2.75) is 19.5 Å². The Bertz CT molecular complexity index is 497. The van der Waals surface area contributed by atoms with Crippen LogP contribution in [0.5, 0.6) is 0 Å². The van der Waals surface area contributed by atoms with E-state index < -0.39 is 0 Å². The van der Waals surface area contributed by atoms with Gasteiger partial charge >= 0.3 is 0 Å². The summed E-state index contributed by atoms with van der Waals surface area (Å²) in [5.41, 5.74) is 1.02. The average Bonchev–Trinajstić information content (AvgIpc) is 2.85. The van der Waals surface area contributed by atoms with Crippen molar-refractivity contribution >= 4 is 23.2 Å². The van der Waals surface area contributed by atoms with Crippen molar-refractivity contribution in [3.63, 3.8) is 0 Å². The molecule has 1 aromatic carbocycles. The van der Waals surface area contributed by atoms with Crippen LogP contribution in [0, 0.1) is 0 Å². The number of halogens is 2. The lowest BCUT2D eigenvalue weighted by Gasteiger charge is -2.16. The number of rotatable bonds is 5. The van der Waals surface area contributed by atoms with Crippen LogP contribution in [0.1, 0.15) is 18.5 Å². The van der Waals surface area contributed by atoms with E-state index in [1.54, 1.807) is 18.6 Å². The van der Waals surface area contributed by atoms with Crippen LogP contribution in [-0.2, 0) is 6.54 Å². The summed E-state index contributed by atoms with van der Waals surface area (Å²) in [5, 5.41) is 4.86. The molecule has 0 aliphatic rings. The Hall–Kier alpha value is -1.03. The van der Waals surface area contributed by atoms with Gasteiger partial charge in [0.15, 0.2) is 0 Å². The number of nitrogens with one attached hydrogen (secondary N) is 1. The monoisotopic (exact) mass is 283 g/mol. The molecular formula is C13H15Cl2N3. The highest BCUT2D eigenvalue weighted by molar-refractivity contribution is 6.33. The number of benzene rings is 1. The van der Waals surface area contributed by atoms with Gasteiger partial charge in [-0.15, -0.1) is 0 Å². The molecule has 3 nitrogen and oxygen atoms in total. The third-order valence-corrected chi connectivity index (χ3v) is 3.38. The zero-order valence-electron chi connectivity index (χ0n) is 10.1. The van der Waals surface area contributed by atoms with E-state index in [0.717, 1.165) is 23.7 Å². The first-order chi connectivity index (χ1) is 8.66. The first-order valence-corrected chi connectivity index (χ1v) is 6.56. The summed E-state index contributed by atoms with van der Waals surface area (Å²) in [6, 6.07) is 5.69. The van der Waals surface area contributed by atoms with Crippen molar-refractivity contribution in [1.82, 2.24) is 14.9 Å². The van der Waals surface area contributed by atoms with Crippen LogP contribution in [-0.4, -0.2) is 16.1 Å². The van der Waals surface area contributed by atoms with Crippen LogP contribution in [0.15, 0.2) is 36.9 Å². The van der Waals surface area contributed by atoms with Gasteiger partial charge in [-0.25, -0.2) is 4.98 Å². The first-order valence-electron chi connectivity index (χ1n) is 5.81. The van der Waals surface area contributed by atoms with Gasteiger partial charge in [0.1, 0.15) is 0 Å². The zero-order chi connectivity index (χ0) is 13.0. The Kier molecular flexibility index (Phi) is 4.64. The van der Waals surface area contributed by atoms with Crippen molar-refractivity contribution in [1.29, 1.82) is 0 Å². The molecule has 96 valence electrons. The Labute approximate surface area is 117 Å². The van der Waals surface area contributed by atoms with Crippen molar-refractivity contribution in [2.75, 3.05) is 6.54 Å². The molecule has 1 aromatic heterocycles. The smallest absolute Gasteiger partial charge is 0.0946 e. The molecule has 2 rings (SSSR count). The predicted octanol–water partition coefficient (Wildman–Crippen LogP) is 3.54. The molecule has 0 amide bonds. The lowest BCUT2D eigenvalue weighted by Crippen LogP contribution is -2.23. The molecule has 2 aromatic rings. The van der Waals surface area contributed by atoms with Crippen molar-refractivity contribution in [3.05, 3.63) is 52.5 Å². The maximum Gasteiger partial charge on any atom is 0.0946 e. The lowest BCUT2D eigenvalue weighted by molar-refractivity contribution is 0.531. The van der Waals surface area contributed by atoms with E-state index in [0.29, 0.717) is 5.02 Å². The van der Waals surface area contributed by atoms with Crippen molar-refractivity contribution in [3.8, 4) is 0 Å². The fraction of sp³-hybridized carbons (Fsp3) is 0.308. The molecule has 0 aliphatic carbocycles. The highest BCUT2D eigenvalue weighted by atomic mass is 35.5. The molecule has 0 saturated heterocycles. The quantitative estimate of drug-likeness (QED) is 0.910. The molecule has 5 heteroatoms. The van der Waals surface area contributed by atoms with E-state index in [1.807, 2.05) is 22.9 Å². The average molecular weight is 284 g/mol. The van der Waals surface area contributed by atoms with Gasteiger partial charge in [-0.3, -0.25) is 0 Å². The molecular weight excluding hydrogens is 269 g/mol. The molecule has 0 saturated carbocycles. The fourth-order valence-corrected chi connectivity index (χ4v) is 2.25. The highest BCUT2D eigenvalue weighted by Gasteiger charge is 2.09.